The molecule has 22 heavy (non-hydrogen) atoms. The number of nitrogens with zero attached hydrogens (tertiary/aromatic N) is 1. The SMILES string of the molecule is CNC(=O)CC1CCN(C(=O)CC(N)c2ccccc2)CC1. The number of nitrogens with two attached hydrogens (primary N) is 1. The van der Waals surface area contributed by atoms with Gasteiger partial charge in [-0.05, 0) is 24.3 Å². The Bertz CT molecular complexity index is 496. The largest absolute Gasteiger partial charge is 0.359 e. The molecule has 1 aromatic carbocycles. The van der Waals surface area contributed by atoms with Gasteiger partial charge in [0.15, 0.2) is 0 Å². The van der Waals surface area contributed by atoms with E-state index in [1.165, 1.54) is 0 Å². The van der Waals surface area contributed by atoms with Crippen molar-refractivity contribution in [3.63, 3.8) is 0 Å². The van der Waals surface area contributed by atoms with Crippen LogP contribution in [0, 0.1) is 5.92 Å². The van der Waals surface area contributed by atoms with Crippen LogP contribution in [0.4, 0.5) is 0 Å². The molecule has 1 fully saturated rings. The second-order valence-corrected chi connectivity index (χ2v) is 5.92. The smallest absolute Gasteiger partial charge is 0.224 e. The molecule has 1 aliphatic rings. The maximum Gasteiger partial charge on any atom is 0.224 e. The van der Waals surface area contributed by atoms with Crippen molar-refractivity contribution in [2.24, 2.45) is 11.7 Å². The minimum absolute atomic E-state index is 0.0795. The van der Waals surface area contributed by atoms with E-state index >= 15 is 0 Å². The third-order valence-corrected chi connectivity index (χ3v) is 4.34. The molecule has 2 rings (SSSR count). The van der Waals surface area contributed by atoms with Crippen LogP contribution in [0.5, 0.6) is 0 Å². The second kappa shape index (κ2) is 7.94. The number of piperidine rings is 1. The zero-order valence-electron chi connectivity index (χ0n) is 13.1. The van der Waals surface area contributed by atoms with Crippen LogP contribution in [0.3, 0.4) is 0 Å². The summed E-state index contributed by atoms with van der Waals surface area (Å²) in [5, 5.41) is 2.65. The monoisotopic (exact) mass is 303 g/mol. The Labute approximate surface area is 131 Å². The number of rotatable bonds is 5. The van der Waals surface area contributed by atoms with Crippen LogP contribution in [-0.4, -0.2) is 36.9 Å². The molecule has 1 aliphatic heterocycles. The highest BCUT2D eigenvalue weighted by Gasteiger charge is 2.25. The van der Waals surface area contributed by atoms with Crippen molar-refractivity contribution < 1.29 is 9.59 Å². The zero-order chi connectivity index (χ0) is 15.9. The Balaban J connectivity index is 1.79. The third-order valence-electron chi connectivity index (χ3n) is 4.34. The second-order valence-electron chi connectivity index (χ2n) is 5.92. The molecule has 0 aromatic heterocycles. The van der Waals surface area contributed by atoms with Crippen LogP contribution in [0.15, 0.2) is 30.3 Å². The fourth-order valence-corrected chi connectivity index (χ4v) is 2.89. The van der Waals surface area contributed by atoms with Crippen molar-refractivity contribution in [1.82, 2.24) is 10.2 Å². The molecule has 0 saturated carbocycles. The topological polar surface area (TPSA) is 75.4 Å². The van der Waals surface area contributed by atoms with Crippen molar-refractivity contribution >= 4 is 11.8 Å². The van der Waals surface area contributed by atoms with E-state index in [1.54, 1.807) is 7.05 Å². The number of carbonyl (C=O) groups excluding carboxylic acids is 2. The van der Waals surface area contributed by atoms with Gasteiger partial charge in [-0.25, -0.2) is 0 Å². The molecule has 5 heteroatoms. The summed E-state index contributed by atoms with van der Waals surface area (Å²) in [5.41, 5.74) is 7.10. The highest BCUT2D eigenvalue weighted by atomic mass is 16.2. The molecule has 1 aromatic rings. The van der Waals surface area contributed by atoms with Crippen molar-refractivity contribution in [3.05, 3.63) is 35.9 Å². The van der Waals surface area contributed by atoms with Crippen molar-refractivity contribution in [3.8, 4) is 0 Å². The first-order valence-corrected chi connectivity index (χ1v) is 7.89. The van der Waals surface area contributed by atoms with E-state index in [0.29, 0.717) is 18.8 Å². The molecule has 5 nitrogen and oxygen atoms in total. The quantitative estimate of drug-likeness (QED) is 0.864. The summed E-state index contributed by atoms with van der Waals surface area (Å²) in [6, 6.07) is 9.46. The Kier molecular flexibility index (Phi) is 5.95. The molecule has 2 amide bonds. The number of carbonyl (C=O) groups is 2. The number of hydrogen-bond donors (Lipinski definition) is 2. The predicted octanol–water partition coefficient (Wildman–Crippen LogP) is 1.45. The van der Waals surface area contributed by atoms with Crippen molar-refractivity contribution in [1.29, 1.82) is 0 Å². The number of benzene rings is 1. The normalized spacial score (nSPS) is 17.1. The van der Waals surface area contributed by atoms with Gasteiger partial charge in [-0.1, -0.05) is 30.3 Å². The summed E-state index contributed by atoms with van der Waals surface area (Å²) in [7, 11) is 1.66. The average Bonchev–Trinajstić information content (AvgIpc) is 2.56. The first-order valence-electron chi connectivity index (χ1n) is 7.89. The molecule has 1 unspecified atom stereocenters. The molecule has 3 N–H and O–H groups in total. The minimum atomic E-state index is -0.253. The lowest BCUT2D eigenvalue weighted by molar-refractivity contribution is -0.133. The number of likely N-dealkylation sites (tertiary alicyclic amines) is 1. The maximum atomic E-state index is 12.3. The van der Waals surface area contributed by atoms with E-state index in [-0.39, 0.29) is 17.9 Å². The van der Waals surface area contributed by atoms with Crippen LogP contribution in [0.2, 0.25) is 0 Å². The lowest BCUT2D eigenvalue weighted by atomic mass is 9.92. The van der Waals surface area contributed by atoms with Gasteiger partial charge in [-0.2, -0.15) is 0 Å². The zero-order valence-corrected chi connectivity index (χ0v) is 13.1. The van der Waals surface area contributed by atoms with E-state index in [2.05, 4.69) is 5.32 Å². The van der Waals surface area contributed by atoms with Gasteiger partial charge in [0.2, 0.25) is 11.8 Å². The lowest BCUT2D eigenvalue weighted by Gasteiger charge is -2.32. The number of amides is 2. The molecular formula is C17H25N3O2. The van der Waals surface area contributed by atoms with E-state index in [0.717, 1.165) is 31.5 Å². The van der Waals surface area contributed by atoms with Gasteiger partial charge < -0.3 is 16.0 Å². The van der Waals surface area contributed by atoms with Crippen LogP contribution < -0.4 is 11.1 Å². The van der Waals surface area contributed by atoms with Crippen LogP contribution >= 0.6 is 0 Å². The van der Waals surface area contributed by atoms with E-state index in [9.17, 15) is 9.59 Å². The summed E-state index contributed by atoms with van der Waals surface area (Å²) in [5.74, 6) is 0.567. The predicted molar refractivity (Wildman–Crippen MR) is 86.0 cm³/mol. The molecule has 1 atom stereocenters. The first kappa shape index (κ1) is 16.5. The van der Waals surface area contributed by atoms with Gasteiger partial charge in [-0.15, -0.1) is 0 Å². The molecule has 0 radical (unpaired) electrons. The average molecular weight is 303 g/mol. The van der Waals surface area contributed by atoms with Gasteiger partial charge in [0.25, 0.3) is 0 Å². The van der Waals surface area contributed by atoms with Crippen LogP contribution in [0.1, 0.15) is 37.3 Å². The minimum Gasteiger partial charge on any atom is -0.359 e. The van der Waals surface area contributed by atoms with Gasteiger partial charge in [0, 0.05) is 39.0 Å². The van der Waals surface area contributed by atoms with Crippen molar-refractivity contribution in [2.75, 3.05) is 20.1 Å². The summed E-state index contributed by atoms with van der Waals surface area (Å²) < 4.78 is 0. The Morgan fingerprint density at radius 2 is 1.91 bits per heavy atom. The highest BCUT2D eigenvalue weighted by Crippen LogP contribution is 2.22. The first-order chi connectivity index (χ1) is 10.6. The third kappa shape index (κ3) is 4.56. The van der Waals surface area contributed by atoms with Gasteiger partial charge in [0.05, 0.1) is 0 Å². The Hall–Kier alpha value is -1.88. The van der Waals surface area contributed by atoms with E-state index in [1.807, 2.05) is 35.2 Å². The molecule has 0 bridgehead atoms. The molecular weight excluding hydrogens is 278 g/mol. The fraction of sp³-hybridized carbons (Fsp3) is 0.529. The van der Waals surface area contributed by atoms with E-state index in [4.69, 9.17) is 5.73 Å². The summed E-state index contributed by atoms with van der Waals surface area (Å²) in [6.07, 6.45) is 2.67. The van der Waals surface area contributed by atoms with E-state index < -0.39 is 0 Å². The standard InChI is InChI=1S/C17H25N3O2/c1-19-16(21)11-13-7-9-20(10-8-13)17(22)12-15(18)14-5-3-2-4-6-14/h2-6,13,15H,7-12,18H2,1H3,(H,19,21). The Morgan fingerprint density at radius 1 is 1.27 bits per heavy atom. The highest BCUT2D eigenvalue weighted by molar-refractivity contribution is 5.77. The fourth-order valence-electron chi connectivity index (χ4n) is 2.89. The Morgan fingerprint density at radius 3 is 2.50 bits per heavy atom. The summed E-state index contributed by atoms with van der Waals surface area (Å²) in [4.78, 5) is 25.6. The van der Waals surface area contributed by atoms with Gasteiger partial charge in [0.1, 0.15) is 0 Å². The molecule has 0 spiro atoms. The molecule has 120 valence electrons. The van der Waals surface area contributed by atoms with Gasteiger partial charge >= 0.3 is 0 Å². The molecule has 1 heterocycles. The molecule has 1 saturated heterocycles. The maximum absolute atomic E-state index is 12.3. The molecule has 0 aliphatic carbocycles. The summed E-state index contributed by atoms with van der Waals surface area (Å²) >= 11 is 0. The summed E-state index contributed by atoms with van der Waals surface area (Å²) in [6.45, 7) is 1.45. The van der Waals surface area contributed by atoms with Crippen molar-refractivity contribution in [2.45, 2.75) is 31.7 Å². The van der Waals surface area contributed by atoms with Gasteiger partial charge in [-0.3, -0.25) is 9.59 Å². The van der Waals surface area contributed by atoms with Crippen LogP contribution in [-0.2, 0) is 9.59 Å². The lowest BCUT2D eigenvalue weighted by Crippen LogP contribution is -2.40. The number of hydrogen-bond acceptors (Lipinski definition) is 3. The van der Waals surface area contributed by atoms with Crippen LogP contribution in [0.25, 0.3) is 0 Å². The number of nitrogens with one attached hydrogen (secondary N) is 1.